The number of morpholine rings is 1. The highest BCUT2D eigenvalue weighted by atomic mass is 16.5. The molecule has 166 valence electrons. The maximum atomic E-state index is 6.04. The van der Waals surface area contributed by atoms with Gasteiger partial charge in [0.25, 0.3) is 0 Å². The van der Waals surface area contributed by atoms with Crippen molar-refractivity contribution in [1.82, 2.24) is 15.2 Å². The lowest BCUT2D eigenvalue weighted by atomic mass is 9.98. The van der Waals surface area contributed by atoms with Gasteiger partial charge in [-0.2, -0.15) is 0 Å². The van der Waals surface area contributed by atoms with Gasteiger partial charge in [-0.1, -0.05) is 12.5 Å². The van der Waals surface area contributed by atoms with Crippen molar-refractivity contribution in [2.45, 2.75) is 76.7 Å². The molecule has 0 aromatic carbocycles. The van der Waals surface area contributed by atoms with Crippen LogP contribution in [0.5, 0.6) is 5.88 Å². The first-order valence-corrected chi connectivity index (χ1v) is 11.7. The van der Waals surface area contributed by atoms with Gasteiger partial charge in [-0.25, -0.2) is 9.98 Å². The Morgan fingerprint density at radius 2 is 2.00 bits per heavy atom. The van der Waals surface area contributed by atoms with Gasteiger partial charge in [0.1, 0.15) is 12.2 Å². The fourth-order valence-corrected chi connectivity index (χ4v) is 4.51. The molecule has 30 heavy (non-hydrogen) atoms. The molecule has 2 atom stereocenters. The number of nitrogens with one attached hydrogen (secondary N) is 1. The van der Waals surface area contributed by atoms with Gasteiger partial charge >= 0.3 is 0 Å². The van der Waals surface area contributed by atoms with Crippen molar-refractivity contribution >= 4 is 5.96 Å². The second kappa shape index (κ2) is 11.0. The molecule has 7 nitrogen and oxygen atoms in total. The van der Waals surface area contributed by atoms with E-state index < -0.39 is 0 Å². The molecule has 1 saturated carbocycles. The van der Waals surface area contributed by atoms with Crippen LogP contribution in [0.3, 0.4) is 0 Å². The molecule has 1 N–H and O–H groups in total. The average Bonchev–Trinajstić information content (AvgIpc) is 3.34. The Hall–Kier alpha value is -1.86. The van der Waals surface area contributed by atoms with E-state index in [0.29, 0.717) is 19.3 Å². The van der Waals surface area contributed by atoms with Crippen molar-refractivity contribution in [2.24, 2.45) is 4.99 Å². The number of hydrogen-bond donors (Lipinski definition) is 1. The van der Waals surface area contributed by atoms with E-state index in [2.05, 4.69) is 28.2 Å². The number of guanidine groups is 1. The van der Waals surface area contributed by atoms with Crippen LogP contribution >= 0.6 is 0 Å². The first-order valence-electron chi connectivity index (χ1n) is 11.7. The first kappa shape index (κ1) is 21.4. The summed E-state index contributed by atoms with van der Waals surface area (Å²) in [5, 5.41) is 3.43. The Morgan fingerprint density at radius 3 is 2.73 bits per heavy atom. The van der Waals surface area contributed by atoms with Crippen molar-refractivity contribution in [1.29, 1.82) is 0 Å². The van der Waals surface area contributed by atoms with E-state index in [1.54, 1.807) is 0 Å². The van der Waals surface area contributed by atoms with Gasteiger partial charge < -0.3 is 24.4 Å². The van der Waals surface area contributed by atoms with Gasteiger partial charge in [-0.15, -0.1) is 0 Å². The van der Waals surface area contributed by atoms with Crippen molar-refractivity contribution in [2.75, 3.05) is 32.8 Å². The molecule has 0 radical (unpaired) electrons. The number of nitrogens with zero attached hydrogens (tertiary/aromatic N) is 3. The van der Waals surface area contributed by atoms with E-state index >= 15 is 0 Å². The van der Waals surface area contributed by atoms with Crippen molar-refractivity contribution in [3.05, 3.63) is 23.9 Å². The van der Waals surface area contributed by atoms with Crippen molar-refractivity contribution < 1.29 is 14.2 Å². The number of pyridine rings is 1. The smallest absolute Gasteiger partial charge is 0.213 e. The molecule has 7 heteroatoms. The molecule has 2 aliphatic heterocycles. The second-order valence-corrected chi connectivity index (χ2v) is 8.46. The van der Waals surface area contributed by atoms with Gasteiger partial charge in [-0.05, 0) is 51.0 Å². The molecule has 0 amide bonds. The summed E-state index contributed by atoms with van der Waals surface area (Å²) < 4.78 is 17.9. The third-order valence-electron chi connectivity index (χ3n) is 6.16. The van der Waals surface area contributed by atoms with E-state index in [-0.39, 0.29) is 12.2 Å². The molecular weight excluding hydrogens is 380 g/mol. The normalized spacial score (nSPS) is 26.0. The summed E-state index contributed by atoms with van der Waals surface area (Å²) in [5.74, 6) is 1.67. The van der Waals surface area contributed by atoms with Crippen LogP contribution in [0, 0.1) is 0 Å². The molecule has 0 spiro atoms. The molecule has 0 bridgehead atoms. The minimum atomic E-state index is 0.128. The average molecular weight is 417 g/mol. The van der Waals surface area contributed by atoms with Crippen LogP contribution in [0.15, 0.2) is 23.3 Å². The Balaban J connectivity index is 1.33. The lowest BCUT2D eigenvalue weighted by Gasteiger charge is -2.37. The quantitative estimate of drug-likeness (QED) is 0.568. The monoisotopic (exact) mass is 416 g/mol. The van der Waals surface area contributed by atoms with Crippen molar-refractivity contribution in [3.63, 3.8) is 0 Å². The van der Waals surface area contributed by atoms with E-state index in [0.717, 1.165) is 69.3 Å². The molecule has 2 saturated heterocycles. The maximum Gasteiger partial charge on any atom is 0.213 e. The van der Waals surface area contributed by atoms with E-state index in [9.17, 15) is 0 Å². The molecule has 3 aliphatic rings. The lowest BCUT2D eigenvalue weighted by Crippen LogP contribution is -2.53. The number of aromatic nitrogens is 1. The van der Waals surface area contributed by atoms with Crippen LogP contribution in [0.1, 0.15) is 57.4 Å². The summed E-state index contributed by atoms with van der Waals surface area (Å²) in [6, 6.07) is 4.06. The standard InChI is InChI=1S/C23H36N4O3/c1-2-24-23(27-12-14-29-21(17-27)20-9-6-13-28-20)26-16-18-10-11-22(25-15-18)30-19-7-4-3-5-8-19/h10-11,15,19-21H,2-9,12-14,16-17H2,1H3,(H,24,26). The topological polar surface area (TPSA) is 68.2 Å². The predicted molar refractivity (Wildman–Crippen MR) is 117 cm³/mol. The molecule has 1 aliphatic carbocycles. The summed E-state index contributed by atoms with van der Waals surface area (Å²) in [7, 11) is 0. The van der Waals surface area contributed by atoms with Crippen molar-refractivity contribution in [3.8, 4) is 5.88 Å². The van der Waals surface area contributed by atoms with Crippen LogP contribution in [-0.4, -0.2) is 67.0 Å². The third-order valence-corrected chi connectivity index (χ3v) is 6.16. The Labute approximate surface area is 180 Å². The summed E-state index contributed by atoms with van der Waals surface area (Å²) in [5.41, 5.74) is 1.09. The predicted octanol–water partition coefficient (Wildman–Crippen LogP) is 3.14. The molecule has 1 aromatic rings. The lowest BCUT2D eigenvalue weighted by molar-refractivity contribution is -0.0817. The summed E-state index contributed by atoms with van der Waals surface area (Å²) in [6.45, 7) is 6.78. The fraction of sp³-hybridized carbons (Fsp3) is 0.739. The van der Waals surface area contributed by atoms with Gasteiger partial charge in [0.2, 0.25) is 5.88 Å². The first-order chi connectivity index (χ1) is 14.8. The zero-order chi connectivity index (χ0) is 20.6. The number of rotatable bonds is 6. The maximum absolute atomic E-state index is 6.04. The fourth-order valence-electron chi connectivity index (χ4n) is 4.51. The molecule has 3 fully saturated rings. The van der Waals surface area contributed by atoms with E-state index in [1.807, 2.05) is 12.3 Å². The Kier molecular flexibility index (Phi) is 7.81. The van der Waals surface area contributed by atoms with Gasteiger partial charge in [0.05, 0.1) is 19.3 Å². The molecule has 2 unspecified atom stereocenters. The molecular formula is C23H36N4O3. The van der Waals surface area contributed by atoms with Crippen LogP contribution in [0.4, 0.5) is 0 Å². The zero-order valence-corrected chi connectivity index (χ0v) is 18.2. The van der Waals surface area contributed by atoms with Gasteiger partial charge in [-0.3, -0.25) is 0 Å². The largest absolute Gasteiger partial charge is 0.474 e. The van der Waals surface area contributed by atoms with Gasteiger partial charge in [0.15, 0.2) is 5.96 Å². The zero-order valence-electron chi connectivity index (χ0n) is 18.2. The minimum absolute atomic E-state index is 0.128. The highest BCUT2D eigenvalue weighted by molar-refractivity contribution is 5.80. The Morgan fingerprint density at radius 1 is 1.13 bits per heavy atom. The van der Waals surface area contributed by atoms with E-state index in [4.69, 9.17) is 19.2 Å². The second-order valence-electron chi connectivity index (χ2n) is 8.46. The summed E-state index contributed by atoms with van der Waals surface area (Å²) in [6.07, 6.45) is 10.9. The number of hydrogen-bond acceptors (Lipinski definition) is 5. The Bertz CT molecular complexity index is 670. The van der Waals surface area contributed by atoms with Crippen LogP contribution < -0.4 is 10.1 Å². The van der Waals surface area contributed by atoms with Crippen LogP contribution in [0.2, 0.25) is 0 Å². The molecule has 1 aromatic heterocycles. The SMILES string of the molecule is CCNC(=NCc1ccc(OC2CCCCC2)nc1)N1CCOC(C2CCCO2)C1. The van der Waals surface area contributed by atoms with Gasteiger partial charge in [0, 0.05) is 38.5 Å². The van der Waals surface area contributed by atoms with Crippen LogP contribution in [0.25, 0.3) is 0 Å². The van der Waals surface area contributed by atoms with E-state index in [1.165, 1.54) is 19.3 Å². The van der Waals surface area contributed by atoms with Crippen LogP contribution in [-0.2, 0) is 16.0 Å². The number of aliphatic imine (C=N–C) groups is 1. The molecule has 3 heterocycles. The highest BCUT2D eigenvalue weighted by Crippen LogP contribution is 2.23. The number of ether oxygens (including phenoxy) is 3. The summed E-state index contributed by atoms with van der Waals surface area (Å²) in [4.78, 5) is 11.7. The molecule has 4 rings (SSSR count). The summed E-state index contributed by atoms with van der Waals surface area (Å²) >= 11 is 0. The highest BCUT2D eigenvalue weighted by Gasteiger charge is 2.32. The minimum Gasteiger partial charge on any atom is -0.474 e. The third kappa shape index (κ3) is 5.85.